The Morgan fingerprint density at radius 2 is 2.06 bits per heavy atom. The lowest BCUT2D eigenvalue weighted by Crippen LogP contribution is -2.12. The molecule has 3 N–H and O–H groups in total. The maximum atomic E-state index is 11.7. The summed E-state index contributed by atoms with van der Waals surface area (Å²) in [6.45, 7) is 3.61. The van der Waals surface area contributed by atoms with Crippen LogP contribution in [0, 0.1) is 6.92 Å². The maximum absolute atomic E-state index is 11.7. The summed E-state index contributed by atoms with van der Waals surface area (Å²) in [6, 6.07) is 0. The lowest BCUT2D eigenvalue weighted by Gasteiger charge is -2.03. The Labute approximate surface area is 103 Å². The summed E-state index contributed by atoms with van der Waals surface area (Å²) in [7, 11) is 1.28. The second-order valence-electron chi connectivity index (χ2n) is 3.12. The number of nitrogen functional groups attached to an aromatic ring is 1. The number of thiophene rings is 1. The monoisotopic (exact) mass is 258 g/mol. The molecule has 0 radical (unpaired) electrons. The van der Waals surface area contributed by atoms with Gasteiger partial charge >= 0.3 is 11.9 Å². The molecule has 0 aliphatic carbocycles. The van der Waals surface area contributed by atoms with E-state index in [1.54, 1.807) is 13.8 Å². The van der Waals surface area contributed by atoms with Crippen molar-refractivity contribution in [3.63, 3.8) is 0 Å². The Bertz CT molecular complexity index is 442. The molecule has 0 spiro atoms. The minimum Gasteiger partial charge on any atom is -0.465 e. The van der Waals surface area contributed by atoms with E-state index in [0.717, 1.165) is 11.3 Å². The molecular formula is C10H14N2O4S. The van der Waals surface area contributed by atoms with Crippen LogP contribution in [0.15, 0.2) is 0 Å². The normalized spacial score (nSPS) is 9.88. The third-order valence-corrected chi connectivity index (χ3v) is 3.33. The van der Waals surface area contributed by atoms with Gasteiger partial charge in [0.1, 0.15) is 9.88 Å². The van der Waals surface area contributed by atoms with E-state index >= 15 is 0 Å². The van der Waals surface area contributed by atoms with Crippen molar-refractivity contribution in [1.29, 1.82) is 0 Å². The molecule has 0 aliphatic heterocycles. The van der Waals surface area contributed by atoms with Crippen LogP contribution in [0.3, 0.4) is 0 Å². The van der Waals surface area contributed by atoms with Crippen LogP contribution in [-0.2, 0) is 9.47 Å². The minimum absolute atomic E-state index is 0.256. The number of methoxy groups -OCH3 is 1. The van der Waals surface area contributed by atoms with Crippen molar-refractivity contribution in [3.8, 4) is 0 Å². The molecule has 0 bridgehead atoms. The zero-order chi connectivity index (χ0) is 13.0. The molecule has 0 amide bonds. The molecule has 0 aromatic carbocycles. The van der Waals surface area contributed by atoms with E-state index < -0.39 is 11.9 Å². The van der Waals surface area contributed by atoms with Crippen LogP contribution in [0.2, 0.25) is 0 Å². The highest BCUT2D eigenvalue weighted by atomic mass is 32.1. The lowest BCUT2D eigenvalue weighted by atomic mass is 10.1. The number of hydrazine groups is 1. The van der Waals surface area contributed by atoms with Crippen LogP contribution in [-0.4, -0.2) is 25.7 Å². The van der Waals surface area contributed by atoms with E-state index in [9.17, 15) is 9.59 Å². The van der Waals surface area contributed by atoms with Gasteiger partial charge in [-0.2, -0.15) is 0 Å². The van der Waals surface area contributed by atoms with Crippen molar-refractivity contribution in [1.82, 2.24) is 0 Å². The number of carbonyl (C=O) groups is 2. The smallest absolute Gasteiger partial charge is 0.348 e. The summed E-state index contributed by atoms with van der Waals surface area (Å²) in [5, 5.41) is 0.390. The summed E-state index contributed by atoms with van der Waals surface area (Å²) >= 11 is 1.06. The first-order chi connectivity index (χ1) is 8.06. The van der Waals surface area contributed by atoms with Gasteiger partial charge < -0.3 is 14.9 Å². The van der Waals surface area contributed by atoms with Crippen LogP contribution in [0.4, 0.5) is 5.00 Å². The molecule has 0 unspecified atom stereocenters. The fourth-order valence-corrected chi connectivity index (χ4v) is 2.37. The fraction of sp³-hybridized carbons (Fsp3) is 0.400. The van der Waals surface area contributed by atoms with Crippen LogP contribution in [0.25, 0.3) is 0 Å². The van der Waals surface area contributed by atoms with Gasteiger partial charge in [0.25, 0.3) is 0 Å². The van der Waals surface area contributed by atoms with E-state index in [4.69, 9.17) is 10.6 Å². The van der Waals surface area contributed by atoms with E-state index in [2.05, 4.69) is 10.2 Å². The molecule has 1 aromatic heterocycles. The summed E-state index contributed by atoms with van der Waals surface area (Å²) < 4.78 is 9.52. The molecule has 0 fully saturated rings. The van der Waals surface area contributed by atoms with Crippen LogP contribution < -0.4 is 11.3 Å². The van der Waals surface area contributed by atoms with E-state index in [-0.39, 0.29) is 12.2 Å². The first-order valence-corrected chi connectivity index (χ1v) is 5.73. The van der Waals surface area contributed by atoms with Crippen molar-refractivity contribution in [2.45, 2.75) is 13.8 Å². The quantitative estimate of drug-likeness (QED) is 0.480. The third-order valence-electron chi connectivity index (χ3n) is 2.13. The van der Waals surface area contributed by atoms with E-state index in [1.807, 2.05) is 0 Å². The maximum Gasteiger partial charge on any atom is 0.348 e. The zero-order valence-electron chi connectivity index (χ0n) is 9.83. The standard InChI is InChI=1S/C10H14N2O4S/c1-4-16-9(13)6-5(2)7(10(14)15-3)17-8(6)12-11/h12H,4,11H2,1-3H3. The Morgan fingerprint density at radius 1 is 1.41 bits per heavy atom. The molecule has 7 heteroatoms. The predicted octanol–water partition coefficient (Wildman–Crippen LogP) is 1.31. The molecule has 0 aliphatic rings. The molecule has 1 heterocycles. The number of nitrogens with one attached hydrogen (secondary N) is 1. The molecule has 0 saturated carbocycles. The SMILES string of the molecule is CCOC(=O)c1c(NN)sc(C(=O)OC)c1C. The Morgan fingerprint density at radius 3 is 2.53 bits per heavy atom. The molecule has 1 rings (SSSR count). The number of anilines is 1. The highest BCUT2D eigenvalue weighted by Crippen LogP contribution is 2.33. The number of carbonyl (C=O) groups excluding carboxylic acids is 2. The van der Waals surface area contributed by atoms with Crippen LogP contribution in [0.1, 0.15) is 32.5 Å². The summed E-state index contributed by atoms with van der Waals surface area (Å²) in [6.07, 6.45) is 0. The topological polar surface area (TPSA) is 90.6 Å². The van der Waals surface area contributed by atoms with Gasteiger partial charge in [-0.25, -0.2) is 15.4 Å². The summed E-state index contributed by atoms with van der Waals surface area (Å²) in [4.78, 5) is 23.5. The summed E-state index contributed by atoms with van der Waals surface area (Å²) in [5.74, 6) is 4.30. The average molecular weight is 258 g/mol. The van der Waals surface area contributed by atoms with Gasteiger partial charge in [0.15, 0.2) is 0 Å². The van der Waals surface area contributed by atoms with Gasteiger partial charge in [-0.1, -0.05) is 0 Å². The lowest BCUT2D eigenvalue weighted by molar-refractivity contribution is 0.0527. The number of ether oxygens (including phenoxy) is 2. The first-order valence-electron chi connectivity index (χ1n) is 4.92. The second kappa shape index (κ2) is 5.65. The minimum atomic E-state index is -0.510. The van der Waals surface area contributed by atoms with Crippen molar-refractivity contribution >= 4 is 28.3 Å². The van der Waals surface area contributed by atoms with Crippen LogP contribution >= 0.6 is 11.3 Å². The number of hydrogen-bond acceptors (Lipinski definition) is 7. The number of nitrogens with two attached hydrogens (primary N) is 1. The van der Waals surface area contributed by atoms with Crippen molar-refractivity contribution in [3.05, 3.63) is 16.0 Å². The molecule has 0 atom stereocenters. The number of esters is 2. The second-order valence-corrected chi connectivity index (χ2v) is 4.14. The highest BCUT2D eigenvalue weighted by Gasteiger charge is 2.25. The molecule has 94 valence electrons. The van der Waals surface area contributed by atoms with Gasteiger partial charge in [-0.05, 0) is 19.4 Å². The Hall–Kier alpha value is -1.60. The van der Waals surface area contributed by atoms with Gasteiger partial charge in [-0.15, -0.1) is 11.3 Å². The van der Waals surface area contributed by atoms with Gasteiger partial charge in [-0.3, -0.25) is 0 Å². The van der Waals surface area contributed by atoms with E-state index in [1.165, 1.54) is 7.11 Å². The van der Waals surface area contributed by atoms with E-state index in [0.29, 0.717) is 15.4 Å². The Kier molecular flexibility index (Phi) is 4.47. The predicted molar refractivity (Wildman–Crippen MR) is 64.2 cm³/mol. The van der Waals surface area contributed by atoms with Gasteiger partial charge in [0, 0.05) is 0 Å². The first kappa shape index (κ1) is 13.5. The van der Waals surface area contributed by atoms with Gasteiger partial charge in [0.2, 0.25) is 0 Å². The largest absolute Gasteiger partial charge is 0.465 e. The average Bonchev–Trinajstić information content (AvgIpc) is 2.65. The van der Waals surface area contributed by atoms with Crippen molar-refractivity contribution < 1.29 is 19.1 Å². The van der Waals surface area contributed by atoms with Crippen LogP contribution in [0.5, 0.6) is 0 Å². The fourth-order valence-electron chi connectivity index (χ4n) is 1.35. The molecular weight excluding hydrogens is 244 g/mol. The zero-order valence-corrected chi connectivity index (χ0v) is 10.6. The molecule has 6 nitrogen and oxygen atoms in total. The third kappa shape index (κ3) is 2.56. The molecule has 0 saturated heterocycles. The number of hydrogen-bond donors (Lipinski definition) is 2. The number of rotatable bonds is 4. The Balaban J connectivity index is 3.24. The molecule has 1 aromatic rings. The molecule has 17 heavy (non-hydrogen) atoms. The summed E-state index contributed by atoms with van der Waals surface area (Å²) in [5.41, 5.74) is 3.17. The van der Waals surface area contributed by atoms with Crippen molar-refractivity contribution in [2.75, 3.05) is 19.1 Å². The van der Waals surface area contributed by atoms with Gasteiger partial charge in [0.05, 0.1) is 19.3 Å². The van der Waals surface area contributed by atoms with Crippen molar-refractivity contribution in [2.24, 2.45) is 5.84 Å². The highest BCUT2D eigenvalue weighted by molar-refractivity contribution is 7.18.